The number of urea groups is 1. The standard InChI is InChI=1S/C21H26N4O/c1-15-8-7-9-16(12-15)23-21(26)22-13-20(24(2)3)18-14-25(4)19-11-6-5-10-17(18)19/h5-12,14,20H,13H2,1-4H3,(H2,22,23,26). The lowest BCUT2D eigenvalue weighted by Crippen LogP contribution is -2.36. The number of anilines is 1. The molecule has 0 aliphatic rings. The number of rotatable bonds is 5. The normalized spacial score (nSPS) is 12.3. The van der Waals surface area contributed by atoms with Crippen LogP contribution in [0.5, 0.6) is 0 Å². The molecule has 0 aliphatic carbocycles. The van der Waals surface area contributed by atoms with Crippen LogP contribution in [0.15, 0.2) is 54.7 Å². The molecule has 136 valence electrons. The first-order valence-corrected chi connectivity index (χ1v) is 8.77. The van der Waals surface area contributed by atoms with Gasteiger partial charge in [-0.05, 0) is 50.3 Å². The average molecular weight is 350 g/mol. The Morgan fingerprint density at radius 1 is 1.15 bits per heavy atom. The molecule has 2 aromatic carbocycles. The van der Waals surface area contributed by atoms with Crippen molar-refractivity contribution in [2.75, 3.05) is 26.0 Å². The second-order valence-corrected chi connectivity index (χ2v) is 6.90. The number of carbonyl (C=O) groups excluding carboxylic acids is 1. The zero-order chi connectivity index (χ0) is 18.7. The number of aryl methyl sites for hydroxylation is 2. The maximum absolute atomic E-state index is 12.3. The molecule has 3 rings (SSSR count). The van der Waals surface area contributed by atoms with Gasteiger partial charge in [-0.3, -0.25) is 0 Å². The minimum absolute atomic E-state index is 0.0874. The van der Waals surface area contributed by atoms with Crippen molar-refractivity contribution in [1.29, 1.82) is 0 Å². The molecule has 0 fully saturated rings. The molecule has 3 aromatic rings. The van der Waals surface area contributed by atoms with Gasteiger partial charge in [0.1, 0.15) is 0 Å². The number of nitrogens with zero attached hydrogens (tertiary/aromatic N) is 2. The minimum atomic E-state index is -0.192. The van der Waals surface area contributed by atoms with E-state index in [-0.39, 0.29) is 12.1 Å². The summed E-state index contributed by atoms with van der Waals surface area (Å²) < 4.78 is 2.13. The molecule has 0 saturated heterocycles. The number of likely N-dealkylation sites (N-methyl/N-ethyl adjacent to an activating group) is 1. The Bertz CT molecular complexity index is 913. The second kappa shape index (κ2) is 7.62. The number of hydrogen-bond donors (Lipinski definition) is 2. The van der Waals surface area contributed by atoms with Crippen molar-refractivity contribution >= 4 is 22.6 Å². The largest absolute Gasteiger partial charge is 0.350 e. The van der Waals surface area contributed by atoms with Crippen LogP contribution in [-0.2, 0) is 7.05 Å². The van der Waals surface area contributed by atoms with Gasteiger partial charge in [-0.1, -0.05) is 30.3 Å². The Labute approximate surface area is 154 Å². The summed E-state index contributed by atoms with van der Waals surface area (Å²) in [7, 11) is 6.12. The van der Waals surface area contributed by atoms with Crippen molar-refractivity contribution < 1.29 is 4.79 Å². The highest BCUT2D eigenvalue weighted by atomic mass is 16.2. The van der Waals surface area contributed by atoms with E-state index < -0.39 is 0 Å². The number of benzene rings is 2. The van der Waals surface area contributed by atoms with Crippen LogP contribution in [0.25, 0.3) is 10.9 Å². The van der Waals surface area contributed by atoms with Crippen LogP contribution in [0.3, 0.4) is 0 Å². The molecule has 2 amide bonds. The first-order valence-electron chi connectivity index (χ1n) is 8.77. The van der Waals surface area contributed by atoms with E-state index in [0.29, 0.717) is 6.54 Å². The maximum atomic E-state index is 12.3. The lowest BCUT2D eigenvalue weighted by molar-refractivity contribution is 0.243. The molecule has 1 atom stereocenters. The zero-order valence-electron chi connectivity index (χ0n) is 15.8. The van der Waals surface area contributed by atoms with Crippen LogP contribution in [0.4, 0.5) is 10.5 Å². The molecular weight excluding hydrogens is 324 g/mol. The van der Waals surface area contributed by atoms with E-state index in [0.717, 1.165) is 11.3 Å². The van der Waals surface area contributed by atoms with E-state index in [1.165, 1.54) is 16.5 Å². The highest BCUT2D eigenvalue weighted by Crippen LogP contribution is 2.28. The third kappa shape index (κ3) is 3.89. The van der Waals surface area contributed by atoms with Gasteiger partial charge in [0.05, 0.1) is 6.04 Å². The maximum Gasteiger partial charge on any atom is 0.319 e. The lowest BCUT2D eigenvalue weighted by Gasteiger charge is -2.24. The summed E-state index contributed by atoms with van der Waals surface area (Å²) in [6.45, 7) is 2.53. The number of carbonyl (C=O) groups is 1. The highest BCUT2D eigenvalue weighted by Gasteiger charge is 2.20. The van der Waals surface area contributed by atoms with Crippen LogP contribution in [0.1, 0.15) is 17.2 Å². The molecule has 1 heterocycles. The van der Waals surface area contributed by atoms with Gasteiger partial charge in [-0.15, -0.1) is 0 Å². The second-order valence-electron chi connectivity index (χ2n) is 6.90. The van der Waals surface area contributed by atoms with Gasteiger partial charge in [-0.2, -0.15) is 0 Å². The summed E-state index contributed by atoms with van der Waals surface area (Å²) in [4.78, 5) is 14.4. The smallest absolute Gasteiger partial charge is 0.319 e. The van der Waals surface area contributed by atoms with Gasteiger partial charge in [0.15, 0.2) is 0 Å². The first-order chi connectivity index (χ1) is 12.5. The third-order valence-corrected chi connectivity index (χ3v) is 4.64. The molecule has 0 aliphatic heterocycles. The van der Waals surface area contributed by atoms with Crippen molar-refractivity contribution in [3.63, 3.8) is 0 Å². The van der Waals surface area contributed by atoms with Gasteiger partial charge in [0, 0.05) is 36.4 Å². The van der Waals surface area contributed by atoms with E-state index in [1.807, 2.05) is 51.4 Å². The van der Waals surface area contributed by atoms with E-state index in [4.69, 9.17) is 0 Å². The third-order valence-electron chi connectivity index (χ3n) is 4.64. The topological polar surface area (TPSA) is 49.3 Å². The van der Waals surface area contributed by atoms with Crippen molar-refractivity contribution in [2.45, 2.75) is 13.0 Å². The van der Waals surface area contributed by atoms with Crippen LogP contribution in [-0.4, -0.2) is 36.1 Å². The van der Waals surface area contributed by atoms with Gasteiger partial charge < -0.3 is 20.1 Å². The van der Waals surface area contributed by atoms with E-state index >= 15 is 0 Å². The van der Waals surface area contributed by atoms with Crippen molar-refractivity contribution in [3.8, 4) is 0 Å². The molecule has 1 aromatic heterocycles. The summed E-state index contributed by atoms with van der Waals surface area (Å²) in [6.07, 6.45) is 2.15. The van der Waals surface area contributed by atoms with Crippen LogP contribution >= 0.6 is 0 Å². The average Bonchev–Trinajstić information content (AvgIpc) is 2.92. The minimum Gasteiger partial charge on any atom is -0.350 e. The number of fused-ring (bicyclic) bond motifs is 1. The fourth-order valence-electron chi connectivity index (χ4n) is 3.30. The zero-order valence-corrected chi connectivity index (χ0v) is 15.8. The fraction of sp³-hybridized carbons (Fsp3) is 0.286. The molecule has 0 radical (unpaired) electrons. The van der Waals surface area contributed by atoms with Gasteiger partial charge in [0.2, 0.25) is 0 Å². The summed E-state index contributed by atoms with van der Waals surface area (Å²) in [6, 6.07) is 16.0. The first kappa shape index (κ1) is 18.0. The Hall–Kier alpha value is -2.79. The van der Waals surface area contributed by atoms with Crippen LogP contribution in [0, 0.1) is 6.92 Å². The molecule has 0 spiro atoms. The summed E-state index contributed by atoms with van der Waals surface area (Å²) in [5.41, 5.74) is 4.32. The van der Waals surface area contributed by atoms with Gasteiger partial charge in [-0.25, -0.2) is 4.79 Å². The molecule has 5 nitrogen and oxygen atoms in total. The number of nitrogens with one attached hydrogen (secondary N) is 2. The number of aromatic nitrogens is 1. The van der Waals surface area contributed by atoms with Crippen LogP contribution < -0.4 is 10.6 Å². The van der Waals surface area contributed by atoms with Crippen molar-refractivity contribution in [1.82, 2.24) is 14.8 Å². The van der Waals surface area contributed by atoms with Crippen molar-refractivity contribution in [2.24, 2.45) is 7.05 Å². The quantitative estimate of drug-likeness (QED) is 0.733. The Kier molecular flexibility index (Phi) is 5.28. The number of hydrogen-bond acceptors (Lipinski definition) is 2. The Morgan fingerprint density at radius 2 is 1.92 bits per heavy atom. The van der Waals surface area contributed by atoms with Gasteiger partial charge in [0.25, 0.3) is 0 Å². The van der Waals surface area contributed by atoms with Gasteiger partial charge >= 0.3 is 6.03 Å². The molecule has 1 unspecified atom stereocenters. The lowest BCUT2D eigenvalue weighted by atomic mass is 10.0. The molecule has 5 heteroatoms. The van der Waals surface area contributed by atoms with Crippen molar-refractivity contribution in [3.05, 3.63) is 65.9 Å². The predicted molar refractivity (Wildman–Crippen MR) is 108 cm³/mol. The Balaban J connectivity index is 1.74. The molecule has 0 saturated carbocycles. The van der Waals surface area contributed by atoms with E-state index in [9.17, 15) is 4.79 Å². The van der Waals surface area contributed by atoms with E-state index in [2.05, 4.69) is 51.5 Å². The van der Waals surface area contributed by atoms with Crippen LogP contribution in [0.2, 0.25) is 0 Å². The molecule has 26 heavy (non-hydrogen) atoms. The summed E-state index contributed by atoms with van der Waals surface area (Å²) >= 11 is 0. The fourth-order valence-corrected chi connectivity index (χ4v) is 3.30. The number of para-hydroxylation sites is 1. The van der Waals surface area contributed by atoms with E-state index in [1.54, 1.807) is 0 Å². The SMILES string of the molecule is Cc1cccc(NC(=O)NCC(c2cn(C)c3ccccc23)N(C)C)c1. The monoisotopic (exact) mass is 350 g/mol. The molecule has 2 N–H and O–H groups in total. The Morgan fingerprint density at radius 3 is 2.65 bits per heavy atom. The summed E-state index contributed by atoms with van der Waals surface area (Å²) in [5, 5.41) is 7.12. The highest BCUT2D eigenvalue weighted by molar-refractivity contribution is 5.89. The summed E-state index contributed by atoms with van der Waals surface area (Å²) in [5.74, 6) is 0. The molecule has 0 bridgehead atoms. The number of amides is 2. The predicted octanol–water partition coefficient (Wildman–Crippen LogP) is 3.91. The molecular formula is C21H26N4O.